The molecule has 0 aliphatic heterocycles. The predicted molar refractivity (Wildman–Crippen MR) is 98.9 cm³/mol. The van der Waals surface area contributed by atoms with Gasteiger partial charge in [0.05, 0.1) is 16.6 Å². The standard InChI is InChI=1S/C20H21N3O3/c1-11(2)18-10-16(14-7-5-6-8-17(14)21-18)20(25)23-22-19(24)15-9-12(3)26-13(15)4/h5-11H,1-4H3,(H,22,24)(H,23,25). The number of rotatable bonds is 3. The van der Waals surface area contributed by atoms with E-state index in [1.807, 2.05) is 38.1 Å². The van der Waals surface area contributed by atoms with Gasteiger partial charge in [-0.2, -0.15) is 0 Å². The highest BCUT2D eigenvalue weighted by Crippen LogP contribution is 2.22. The maximum Gasteiger partial charge on any atom is 0.273 e. The molecule has 0 unspecified atom stereocenters. The zero-order chi connectivity index (χ0) is 18.8. The summed E-state index contributed by atoms with van der Waals surface area (Å²) in [6.45, 7) is 7.50. The molecule has 0 fully saturated rings. The summed E-state index contributed by atoms with van der Waals surface area (Å²) in [6.07, 6.45) is 0. The molecule has 0 spiro atoms. The lowest BCUT2D eigenvalue weighted by atomic mass is 10.0. The first-order valence-electron chi connectivity index (χ1n) is 8.44. The number of hydrogen-bond acceptors (Lipinski definition) is 4. The van der Waals surface area contributed by atoms with Crippen LogP contribution in [0.5, 0.6) is 0 Å². The Morgan fingerprint density at radius 1 is 1.00 bits per heavy atom. The van der Waals surface area contributed by atoms with Crippen molar-refractivity contribution >= 4 is 22.7 Å². The molecule has 0 aliphatic carbocycles. The molecule has 2 N–H and O–H groups in total. The Hall–Kier alpha value is -3.15. The SMILES string of the molecule is Cc1cc(C(=O)NNC(=O)c2cc(C(C)C)nc3ccccc23)c(C)o1. The largest absolute Gasteiger partial charge is 0.466 e. The van der Waals surface area contributed by atoms with Crippen molar-refractivity contribution in [1.29, 1.82) is 0 Å². The summed E-state index contributed by atoms with van der Waals surface area (Å²) < 4.78 is 5.35. The van der Waals surface area contributed by atoms with E-state index in [0.717, 1.165) is 16.6 Å². The molecule has 0 radical (unpaired) electrons. The molecule has 3 rings (SSSR count). The number of pyridine rings is 1. The molecule has 0 atom stereocenters. The van der Waals surface area contributed by atoms with Gasteiger partial charge in [-0.05, 0) is 38.0 Å². The van der Waals surface area contributed by atoms with E-state index < -0.39 is 11.8 Å². The minimum absolute atomic E-state index is 0.178. The fraction of sp³-hybridized carbons (Fsp3) is 0.250. The number of aromatic nitrogens is 1. The summed E-state index contributed by atoms with van der Waals surface area (Å²) in [7, 11) is 0. The number of benzene rings is 1. The average Bonchev–Trinajstić information content (AvgIpc) is 2.96. The first-order valence-corrected chi connectivity index (χ1v) is 8.44. The highest BCUT2D eigenvalue weighted by atomic mass is 16.3. The third-order valence-electron chi connectivity index (χ3n) is 4.15. The monoisotopic (exact) mass is 351 g/mol. The van der Waals surface area contributed by atoms with Gasteiger partial charge in [-0.1, -0.05) is 32.0 Å². The van der Waals surface area contributed by atoms with Crippen LogP contribution in [0.1, 0.15) is 57.7 Å². The van der Waals surface area contributed by atoms with E-state index in [1.54, 1.807) is 26.0 Å². The van der Waals surface area contributed by atoms with Crippen LogP contribution in [0.15, 0.2) is 40.8 Å². The maximum absolute atomic E-state index is 12.7. The number of carbonyl (C=O) groups excluding carboxylic acids is 2. The van der Waals surface area contributed by atoms with Gasteiger partial charge in [0.15, 0.2) is 0 Å². The van der Waals surface area contributed by atoms with Gasteiger partial charge >= 0.3 is 0 Å². The van der Waals surface area contributed by atoms with Gasteiger partial charge < -0.3 is 4.42 Å². The molecule has 2 aromatic heterocycles. The van der Waals surface area contributed by atoms with Crippen LogP contribution >= 0.6 is 0 Å². The zero-order valence-electron chi connectivity index (χ0n) is 15.2. The Balaban J connectivity index is 1.85. The fourth-order valence-electron chi connectivity index (χ4n) is 2.78. The Bertz CT molecular complexity index is 989. The van der Waals surface area contributed by atoms with Crippen molar-refractivity contribution in [3.63, 3.8) is 0 Å². The van der Waals surface area contributed by atoms with Crippen molar-refractivity contribution in [2.45, 2.75) is 33.6 Å². The summed E-state index contributed by atoms with van der Waals surface area (Å²) in [5.74, 6) is 0.510. The number of aryl methyl sites for hydroxylation is 2. The Kier molecular flexibility index (Phi) is 4.75. The number of furan rings is 1. The van der Waals surface area contributed by atoms with Gasteiger partial charge in [0.2, 0.25) is 0 Å². The van der Waals surface area contributed by atoms with Crippen LogP contribution in [0, 0.1) is 13.8 Å². The van der Waals surface area contributed by atoms with Crippen LogP contribution in [-0.4, -0.2) is 16.8 Å². The topological polar surface area (TPSA) is 84.2 Å². The molecule has 6 nitrogen and oxygen atoms in total. The smallest absolute Gasteiger partial charge is 0.273 e. The molecular formula is C20H21N3O3. The molecule has 0 bridgehead atoms. The molecule has 1 aromatic carbocycles. The van der Waals surface area contributed by atoms with E-state index >= 15 is 0 Å². The molecular weight excluding hydrogens is 330 g/mol. The quantitative estimate of drug-likeness (QED) is 0.706. The van der Waals surface area contributed by atoms with Crippen molar-refractivity contribution in [2.24, 2.45) is 0 Å². The molecule has 3 aromatic rings. The van der Waals surface area contributed by atoms with Crippen molar-refractivity contribution in [3.8, 4) is 0 Å². The summed E-state index contributed by atoms with van der Waals surface area (Å²) in [6, 6.07) is 10.8. The molecule has 6 heteroatoms. The van der Waals surface area contributed by atoms with Crippen molar-refractivity contribution < 1.29 is 14.0 Å². The number of carbonyl (C=O) groups is 2. The Morgan fingerprint density at radius 2 is 1.65 bits per heavy atom. The van der Waals surface area contributed by atoms with Crippen LogP contribution in [0.3, 0.4) is 0 Å². The average molecular weight is 351 g/mol. The molecule has 0 saturated heterocycles. The van der Waals surface area contributed by atoms with Crippen LogP contribution in [-0.2, 0) is 0 Å². The normalized spacial score (nSPS) is 11.0. The highest BCUT2D eigenvalue weighted by Gasteiger charge is 2.17. The van der Waals surface area contributed by atoms with E-state index in [0.29, 0.717) is 22.6 Å². The highest BCUT2D eigenvalue weighted by molar-refractivity contribution is 6.07. The van der Waals surface area contributed by atoms with Gasteiger partial charge in [-0.25, -0.2) is 0 Å². The summed E-state index contributed by atoms with van der Waals surface area (Å²) in [4.78, 5) is 29.5. The molecule has 134 valence electrons. The second-order valence-electron chi connectivity index (χ2n) is 6.50. The van der Waals surface area contributed by atoms with E-state index in [-0.39, 0.29) is 5.92 Å². The Labute approximate surface area is 151 Å². The summed E-state index contributed by atoms with van der Waals surface area (Å²) >= 11 is 0. The first kappa shape index (κ1) is 17.7. The van der Waals surface area contributed by atoms with Gasteiger partial charge in [0.1, 0.15) is 11.5 Å². The number of nitrogens with zero attached hydrogens (tertiary/aromatic N) is 1. The molecule has 2 amide bonds. The number of amides is 2. The number of para-hydroxylation sites is 1. The second-order valence-corrected chi connectivity index (χ2v) is 6.50. The van der Waals surface area contributed by atoms with Gasteiger partial charge in [0, 0.05) is 11.1 Å². The second kappa shape index (κ2) is 7.00. The maximum atomic E-state index is 12.7. The van der Waals surface area contributed by atoms with Gasteiger partial charge in [-0.15, -0.1) is 0 Å². The third kappa shape index (κ3) is 3.44. The van der Waals surface area contributed by atoms with Crippen LogP contribution in [0.25, 0.3) is 10.9 Å². The van der Waals surface area contributed by atoms with Crippen LogP contribution < -0.4 is 10.9 Å². The first-order chi connectivity index (χ1) is 12.4. The minimum Gasteiger partial charge on any atom is -0.466 e. The van der Waals surface area contributed by atoms with E-state index in [4.69, 9.17) is 4.42 Å². The van der Waals surface area contributed by atoms with Crippen LogP contribution in [0.4, 0.5) is 0 Å². The van der Waals surface area contributed by atoms with Crippen molar-refractivity contribution in [1.82, 2.24) is 15.8 Å². The van der Waals surface area contributed by atoms with Crippen molar-refractivity contribution in [2.75, 3.05) is 0 Å². The zero-order valence-corrected chi connectivity index (χ0v) is 15.2. The lowest BCUT2D eigenvalue weighted by Gasteiger charge is -2.12. The van der Waals surface area contributed by atoms with Gasteiger partial charge in [0.25, 0.3) is 11.8 Å². The van der Waals surface area contributed by atoms with E-state index in [2.05, 4.69) is 15.8 Å². The summed E-state index contributed by atoms with van der Waals surface area (Å²) in [5, 5.41) is 0.735. The summed E-state index contributed by atoms with van der Waals surface area (Å²) in [5.41, 5.74) is 7.36. The molecule has 2 heterocycles. The number of hydrazine groups is 1. The lowest BCUT2D eigenvalue weighted by Crippen LogP contribution is -2.41. The predicted octanol–water partition coefficient (Wildman–Crippen LogP) is 3.64. The van der Waals surface area contributed by atoms with Crippen molar-refractivity contribution in [3.05, 3.63) is 64.7 Å². The third-order valence-corrected chi connectivity index (χ3v) is 4.15. The fourth-order valence-corrected chi connectivity index (χ4v) is 2.78. The number of hydrogen-bond donors (Lipinski definition) is 2. The molecule has 26 heavy (non-hydrogen) atoms. The minimum atomic E-state index is -0.421. The van der Waals surface area contributed by atoms with E-state index in [9.17, 15) is 9.59 Å². The number of fused-ring (bicyclic) bond motifs is 1. The number of nitrogens with one attached hydrogen (secondary N) is 2. The molecule has 0 aliphatic rings. The lowest BCUT2D eigenvalue weighted by molar-refractivity contribution is 0.0846. The molecule has 0 saturated carbocycles. The van der Waals surface area contributed by atoms with Crippen LogP contribution in [0.2, 0.25) is 0 Å². The van der Waals surface area contributed by atoms with E-state index in [1.165, 1.54) is 0 Å². The van der Waals surface area contributed by atoms with Gasteiger partial charge in [-0.3, -0.25) is 25.4 Å². The Morgan fingerprint density at radius 3 is 2.27 bits per heavy atom.